The summed E-state index contributed by atoms with van der Waals surface area (Å²) in [6.07, 6.45) is 3.63. The van der Waals surface area contributed by atoms with Gasteiger partial charge in [-0.05, 0) is 31.5 Å². The maximum absolute atomic E-state index is 11.2. The summed E-state index contributed by atoms with van der Waals surface area (Å²) in [6.45, 7) is 4.10. The highest BCUT2D eigenvalue weighted by atomic mass is 16.1. The smallest absolute Gasteiger partial charge is 0.237 e. The van der Waals surface area contributed by atoms with Gasteiger partial charge in [0.25, 0.3) is 0 Å². The number of pyridine rings is 1. The van der Waals surface area contributed by atoms with Gasteiger partial charge in [0.1, 0.15) is 5.65 Å². The number of hydrogen-bond donors (Lipinski definition) is 3. The van der Waals surface area contributed by atoms with Gasteiger partial charge in [-0.2, -0.15) is 0 Å². The Kier molecular flexibility index (Phi) is 2.85. The van der Waals surface area contributed by atoms with Crippen LogP contribution in [0.2, 0.25) is 0 Å². The minimum atomic E-state index is -0.716. The number of fused-ring (bicyclic) bond motifs is 1. The average molecular weight is 232 g/mol. The number of hydrogen-bond acceptors (Lipinski definition) is 3. The molecule has 0 aromatic carbocycles. The lowest BCUT2D eigenvalue weighted by molar-refractivity contribution is -0.123. The first-order valence-corrected chi connectivity index (χ1v) is 5.46. The fraction of sp³-hybridized carbons (Fsp3) is 0.333. The van der Waals surface area contributed by atoms with Gasteiger partial charge in [-0.3, -0.25) is 10.1 Å². The van der Waals surface area contributed by atoms with E-state index in [9.17, 15) is 4.79 Å². The fourth-order valence-corrected chi connectivity index (χ4v) is 1.56. The van der Waals surface area contributed by atoms with Crippen LogP contribution >= 0.6 is 0 Å². The van der Waals surface area contributed by atoms with Gasteiger partial charge in [-0.1, -0.05) is 0 Å². The van der Waals surface area contributed by atoms with E-state index in [2.05, 4.69) is 15.3 Å². The van der Waals surface area contributed by atoms with Gasteiger partial charge in [-0.25, -0.2) is 4.98 Å². The van der Waals surface area contributed by atoms with Gasteiger partial charge in [0, 0.05) is 24.3 Å². The first-order chi connectivity index (χ1) is 8.00. The van der Waals surface area contributed by atoms with Crippen molar-refractivity contribution in [2.75, 3.05) is 0 Å². The van der Waals surface area contributed by atoms with Gasteiger partial charge >= 0.3 is 0 Å². The highest BCUT2D eigenvalue weighted by molar-refractivity contribution is 5.84. The number of primary amides is 1. The molecule has 2 heterocycles. The third-order valence-electron chi connectivity index (χ3n) is 2.87. The zero-order valence-electron chi connectivity index (χ0n) is 9.95. The van der Waals surface area contributed by atoms with Gasteiger partial charge in [0.05, 0.1) is 5.54 Å². The zero-order chi connectivity index (χ0) is 12.5. The molecule has 0 atom stereocenters. The highest BCUT2D eigenvalue weighted by Gasteiger charge is 2.23. The van der Waals surface area contributed by atoms with Crippen LogP contribution in [-0.4, -0.2) is 21.4 Å². The molecule has 2 rings (SSSR count). The van der Waals surface area contributed by atoms with E-state index in [0.29, 0.717) is 6.54 Å². The molecule has 4 N–H and O–H groups in total. The van der Waals surface area contributed by atoms with E-state index >= 15 is 0 Å². The van der Waals surface area contributed by atoms with Crippen molar-refractivity contribution in [2.45, 2.75) is 25.9 Å². The van der Waals surface area contributed by atoms with Crippen molar-refractivity contribution < 1.29 is 4.79 Å². The van der Waals surface area contributed by atoms with E-state index in [1.54, 1.807) is 20.0 Å². The molecular formula is C12H16N4O. The van der Waals surface area contributed by atoms with Crippen molar-refractivity contribution in [2.24, 2.45) is 5.73 Å². The largest absolute Gasteiger partial charge is 0.368 e. The summed E-state index contributed by atoms with van der Waals surface area (Å²) in [7, 11) is 0. The number of aromatic amines is 1. The van der Waals surface area contributed by atoms with Crippen molar-refractivity contribution >= 4 is 16.9 Å². The van der Waals surface area contributed by atoms with E-state index in [1.165, 1.54) is 0 Å². The van der Waals surface area contributed by atoms with Crippen LogP contribution in [0, 0.1) is 0 Å². The predicted molar refractivity (Wildman–Crippen MR) is 66.2 cm³/mol. The van der Waals surface area contributed by atoms with E-state index in [1.807, 2.05) is 18.3 Å². The van der Waals surface area contributed by atoms with Crippen LogP contribution < -0.4 is 11.1 Å². The molecule has 0 radical (unpaired) electrons. The molecule has 2 aromatic rings. The SMILES string of the molecule is CC(C)(NCc1c[nH]c2ncccc12)C(N)=O. The van der Waals surface area contributed by atoms with Crippen LogP contribution in [0.25, 0.3) is 11.0 Å². The topological polar surface area (TPSA) is 83.8 Å². The van der Waals surface area contributed by atoms with Crippen LogP contribution in [0.5, 0.6) is 0 Å². The lowest BCUT2D eigenvalue weighted by Gasteiger charge is -2.21. The lowest BCUT2D eigenvalue weighted by Crippen LogP contribution is -2.50. The minimum absolute atomic E-state index is 0.365. The second-order valence-electron chi connectivity index (χ2n) is 4.56. The first kappa shape index (κ1) is 11.6. The summed E-state index contributed by atoms with van der Waals surface area (Å²) >= 11 is 0. The van der Waals surface area contributed by atoms with Gasteiger partial charge in [0.15, 0.2) is 0 Å². The van der Waals surface area contributed by atoms with Crippen molar-refractivity contribution in [3.05, 3.63) is 30.1 Å². The first-order valence-electron chi connectivity index (χ1n) is 5.46. The summed E-state index contributed by atoms with van der Waals surface area (Å²) in [6, 6.07) is 3.88. The molecule has 5 heteroatoms. The summed E-state index contributed by atoms with van der Waals surface area (Å²) in [5.41, 5.74) is 6.50. The fourth-order valence-electron chi connectivity index (χ4n) is 1.56. The molecule has 0 aliphatic heterocycles. The van der Waals surface area contributed by atoms with Crippen LogP contribution in [0.15, 0.2) is 24.5 Å². The Bertz CT molecular complexity index is 544. The maximum Gasteiger partial charge on any atom is 0.237 e. The van der Waals surface area contributed by atoms with E-state index in [4.69, 9.17) is 5.73 Å². The molecule has 5 nitrogen and oxygen atoms in total. The highest BCUT2D eigenvalue weighted by Crippen LogP contribution is 2.16. The molecular weight excluding hydrogens is 216 g/mol. The maximum atomic E-state index is 11.2. The second kappa shape index (κ2) is 4.18. The number of rotatable bonds is 4. The van der Waals surface area contributed by atoms with Crippen LogP contribution in [0.3, 0.4) is 0 Å². The van der Waals surface area contributed by atoms with Gasteiger partial charge in [-0.15, -0.1) is 0 Å². The molecule has 1 amide bonds. The number of nitrogens with zero attached hydrogens (tertiary/aromatic N) is 1. The lowest BCUT2D eigenvalue weighted by atomic mass is 10.0. The number of nitrogens with two attached hydrogens (primary N) is 1. The van der Waals surface area contributed by atoms with Crippen LogP contribution in [0.4, 0.5) is 0 Å². The summed E-state index contributed by atoms with van der Waals surface area (Å²) in [4.78, 5) is 18.5. The van der Waals surface area contributed by atoms with Crippen LogP contribution in [-0.2, 0) is 11.3 Å². The number of carbonyl (C=O) groups is 1. The Morgan fingerprint density at radius 3 is 3.06 bits per heavy atom. The number of H-pyrrole nitrogens is 1. The monoisotopic (exact) mass is 232 g/mol. The Hall–Kier alpha value is -1.88. The normalized spacial score (nSPS) is 11.9. The quantitative estimate of drug-likeness (QED) is 0.732. The number of amides is 1. The predicted octanol–water partition coefficient (Wildman–Crippen LogP) is 0.916. The average Bonchev–Trinajstić information content (AvgIpc) is 2.69. The molecule has 0 spiro atoms. The van der Waals surface area contributed by atoms with E-state index in [0.717, 1.165) is 16.6 Å². The third kappa shape index (κ3) is 2.29. The second-order valence-corrected chi connectivity index (χ2v) is 4.56. The molecule has 0 aliphatic carbocycles. The van der Waals surface area contributed by atoms with Crippen molar-refractivity contribution in [3.63, 3.8) is 0 Å². The zero-order valence-corrected chi connectivity index (χ0v) is 9.95. The van der Waals surface area contributed by atoms with Crippen molar-refractivity contribution in [1.29, 1.82) is 0 Å². The molecule has 0 bridgehead atoms. The Balaban J connectivity index is 2.17. The van der Waals surface area contributed by atoms with E-state index < -0.39 is 5.54 Å². The van der Waals surface area contributed by atoms with Crippen LogP contribution in [0.1, 0.15) is 19.4 Å². The molecule has 0 fully saturated rings. The molecule has 0 aliphatic rings. The molecule has 90 valence electrons. The summed E-state index contributed by atoms with van der Waals surface area (Å²) in [5.74, 6) is -0.365. The number of nitrogens with one attached hydrogen (secondary N) is 2. The van der Waals surface area contributed by atoms with E-state index in [-0.39, 0.29) is 5.91 Å². The molecule has 0 saturated heterocycles. The Labute approximate surface area is 99.4 Å². The molecule has 2 aromatic heterocycles. The van der Waals surface area contributed by atoms with Gasteiger partial charge < -0.3 is 10.7 Å². The molecule has 0 unspecified atom stereocenters. The molecule has 17 heavy (non-hydrogen) atoms. The molecule has 0 saturated carbocycles. The van der Waals surface area contributed by atoms with Gasteiger partial charge in [0.2, 0.25) is 5.91 Å². The van der Waals surface area contributed by atoms with Crippen molar-refractivity contribution in [3.8, 4) is 0 Å². The number of aromatic nitrogens is 2. The van der Waals surface area contributed by atoms with Crippen molar-refractivity contribution in [1.82, 2.24) is 15.3 Å². The summed E-state index contributed by atoms with van der Waals surface area (Å²) < 4.78 is 0. The standard InChI is InChI=1S/C12H16N4O/c1-12(2,11(13)17)16-7-8-6-15-10-9(8)4-3-5-14-10/h3-6,16H,7H2,1-2H3,(H2,13,17)(H,14,15). The summed E-state index contributed by atoms with van der Waals surface area (Å²) in [5, 5.41) is 4.19. The minimum Gasteiger partial charge on any atom is -0.368 e. The third-order valence-corrected chi connectivity index (χ3v) is 2.87. The number of carbonyl (C=O) groups excluding carboxylic acids is 1. The Morgan fingerprint density at radius 1 is 1.59 bits per heavy atom. The Morgan fingerprint density at radius 2 is 2.35 bits per heavy atom.